The molecule has 0 N–H and O–H groups in total. The summed E-state index contributed by atoms with van der Waals surface area (Å²) < 4.78 is 10.7. The second-order valence-electron chi connectivity index (χ2n) is 3.19. The van der Waals surface area contributed by atoms with Gasteiger partial charge in [0.15, 0.2) is 0 Å². The quantitative estimate of drug-likeness (QED) is 0.766. The Balaban J connectivity index is 2.32. The Labute approximate surface area is 96.8 Å². The van der Waals surface area contributed by atoms with E-state index >= 15 is 0 Å². The third-order valence-corrected chi connectivity index (χ3v) is 3.18. The smallest absolute Gasteiger partial charge is 0.312 e. The molecule has 4 nitrogen and oxygen atoms in total. The molecule has 0 saturated heterocycles. The van der Waals surface area contributed by atoms with Crippen LogP contribution in [0.4, 0.5) is 0 Å². The SMILES string of the molecule is COC(=O)Cc1nc2ccc(OC)cc2s1. The summed E-state index contributed by atoms with van der Waals surface area (Å²) in [5.41, 5.74) is 0.879. The van der Waals surface area contributed by atoms with Crippen LogP contribution in [0.5, 0.6) is 5.75 Å². The molecule has 0 spiro atoms. The summed E-state index contributed by atoms with van der Waals surface area (Å²) in [5.74, 6) is 0.520. The van der Waals surface area contributed by atoms with Gasteiger partial charge in [-0.1, -0.05) is 0 Å². The summed E-state index contributed by atoms with van der Waals surface area (Å²) in [7, 11) is 3.00. The Morgan fingerprint density at radius 2 is 2.25 bits per heavy atom. The van der Waals surface area contributed by atoms with Crippen molar-refractivity contribution in [3.05, 3.63) is 23.2 Å². The van der Waals surface area contributed by atoms with Gasteiger partial charge in [-0.2, -0.15) is 0 Å². The van der Waals surface area contributed by atoms with Gasteiger partial charge < -0.3 is 9.47 Å². The molecule has 0 aliphatic rings. The van der Waals surface area contributed by atoms with Crippen molar-refractivity contribution in [1.29, 1.82) is 0 Å². The predicted molar refractivity (Wildman–Crippen MR) is 61.9 cm³/mol. The van der Waals surface area contributed by atoms with Crippen LogP contribution in [0.1, 0.15) is 5.01 Å². The maximum Gasteiger partial charge on any atom is 0.312 e. The number of ether oxygens (including phenoxy) is 2. The fraction of sp³-hybridized carbons (Fsp3) is 0.273. The number of esters is 1. The van der Waals surface area contributed by atoms with Gasteiger partial charge in [-0.3, -0.25) is 4.79 Å². The molecule has 0 fully saturated rings. The second kappa shape index (κ2) is 4.49. The van der Waals surface area contributed by atoms with Crippen molar-refractivity contribution in [3.8, 4) is 5.75 Å². The summed E-state index contributed by atoms with van der Waals surface area (Å²) in [6.07, 6.45) is 0.220. The minimum Gasteiger partial charge on any atom is -0.497 e. The number of carbonyl (C=O) groups is 1. The molecule has 2 rings (SSSR count). The Morgan fingerprint density at radius 3 is 2.94 bits per heavy atom. The maximum atomic E-state index is 11.1. The summed E-state index contributed by atoms with van der Waals surface area (Å²) in [4.78, 5) is 15.4. The summed E-state index contributed by atoms with van der Waals surface area (Å²) in [6, 6.07) is 5.64. The highest BCUT2D eigenvalue weighted by atomic mass is 32.1. The van der Waals surface area contributed by atoms with Crippen LogP contribution in [0, 0.1) is 0 Å². The second-order valence-corrected chi connectivity index (χ2v) is 4.31. The number of rotatable bonds is 3. The maximum absolute atomic E-state index is 11.1. The van der Waals surface area contributed by atoms with Crippen LogP contribution in [0.2, 0.25) is 0 Å². The lowest BCUT2D eigenvalue weighted by Gasteiger charge is -1.96. The highest BCUT2D eigenvalue weighted by Crippen LogP contribution is 2.26. The summed E-state index contributed by atoms with van der Waals surface area (Å²) >= 11 is 1.48. The van der Waals surface area contributed by atoms with Crippen LogP contribution < -0.4 is 4.74 Å². The van der Waals surface area contributed by atoms with Gasteiger partial charge in [0.1, 0.15) is 10.8 Å². The van der Waals surface area contributed by atoms with Crippen molar-refractivity contribution >= 4 is 27.5 Å². The molecule has 1 aromatic carbocycles. The van der Waals surface area contributed by atoms with Crippen LogP contribution >= 0.6 is 11.3 Å². The van der Waals surface area contributed by atoms with Gasteiger partial charge in [-0.25, -0.2) is 4.98 Å². The van der Waals surface area contributed by atoms with E-state index in [0.717, 1.165) is 21.0 Å². The lowest BCUT2D eigenvalue weighted by atomic mass is 10.3. The number of fused-ring (bicyclic) bond motifs is 1. The summed E-state index contributed by atoms with van der Waals surface area (Å²) in [5, 5.41) is 0.759. The average Bonchev–Trinajstić information content (AvgIpc) is 2.69. The summed E-state index contributed by atoms with van der Waals surface area (Å²) in [6.45, 7) is 0. The van der Waals surface area contributed by atoms with Gasteiger partial charge in [0.05, 0.1) is 30.9 Å². The largest absolute Gasteiger partial charge is 0.497 e. The first kappa shape index (κ1) is 10.9. The molecule has 0 unspecified atom stereocenters. The normalized spacial score (nSPS) is 10.4. The van der Waals surface area contributed by atoms with Gasteiger partial charge in [0, 0.05) is 0 Å². The zero-order chi connectivity index (χ0) is 11.5. The number of nitrogens with zero attached hydrogens (tertiary/aromatic N) is 1. The van der Waals surface area contributed by atoms with E-state index in [4.69, 9.17) is 4.74 Å². The number of aromatic nitrogens is 1. The minimum absolute atomic E-state index is 0.220. The Morgan fingerprint density at radius 1 is 1.44 bits per heavy atom. The Bertz CT molecular complexity index is 521. The van der Waals surface area contributed by atoms with Crippen molar-refractivity contribution in [1.82, 2.24) is 4.98 Å². The standard InChI is InChI=1S/C11H11NO3S/c1-14-7-3-4-8-9(5-7)16-10(12-8)6-11(13)15-2/h3-5H,6H2,1-2H3. The van der Waals surface area contributed by atoms with Crippen molar-refractivity contribution in [2.75, 3.05) is 14.2 Å². The van der Waals surface area contributed by atoms with Crippen LogP contribution in [-0.2, 0) is 16.0 Å². The number of thiazole rings is 1. The highest BCUT2D eigenvalue weighted by molar-refractivity contribution is 7.18. The first-order valence-corrected chi connectivity index (χ1v) is 5.55. The number of methoxy groups -OCH3 is 2. The zero-order valence-electron chi connectivity index (χ0n) is 9.02. The Kier molecular flexibility index (Phi) is 3.05. The van der Waals surface area contributed by atoms with Crippen LogP contribution in [0.15, 0.2) is 18.2 Å². The first-order valence-electron chi connectivity index (χ1n) is 4.73. The topological polar surface area (TPSA) is 48.4 Å². The molecule has 1 aromatic heterocycles. The van der Waals surface area contributed by atoms with E-state index < -0.39 is 0 Å². The molecular formula is C11H11NO3S. The fourth-order valence-corrected chi connectivity index (χ4v) is 2.33. The fourth-order valence-electron chi connectivity index (χ4n) is 1.35. The van der Waals surface area contributed by atoms with Crippen molar-refractivity contribution < 1.29 is 14.3 Å². The van der Waals surface area contributed by atoms with Crippen LogP contribution in [0.3, 0.4) is 0 Å². The lowest BCUT2D eigenvalue weighted by molar-refractivity contribution is -0.139. The monoisotopic (exact) mass is 237 g/mol. The molecule has 5 heteroatoms. The molecule has 0 bridgehead atoms. The third-order valence-electron chi connectivity index (χ3n) is 2.16. The van der Waals surface area contributed by atoms with Gasteiger partial charge >= 0.3 is 5.97 Å². The first-order chi connectivity index (χ1) is 7.72. The van der Waals surface area contributed by atoms with E-state index in [-0.39, 0.29) is 12.4 Å². The number of benzene rings is 1. The average molecular weight is 237 g/mol. The lowest BCUT2D eigenvalue weighted by Crippen LogP contribution is -2.03. The molecule has 0 aliphatic heterocycles. The van der Waals surface area contributed by atoms with E-state index in [2.05, 4.69) is 9.72 Å². The van der Waals surface area contributed by atoms with E-state index in [1.165, 1.54) is 18.4 Å². The van der Waals surface area contributed by atoms with Gasteiger partial charge in [0.2, 0.25) is 0 Å². The van der Waals surface area contributed by atoms with E-state index in [0.29, 0.717) is 0 Å². The molecule has 0 radical (unpaired) electrons. The molecule has 0 aliphatic carbocycles. The molecule has 16 heavy (non-hydrogen) atoms. The zero-order valence-corrected chi connectivity index (χ0v) is 9.84. The molecule has 0 atom stereocenters. The number of hydrogen-bond donors (Lipinski definition) is 0. The van der Waals surface area contributed by atoms with E-state index in [9.17, 15) is 4.79 Å². The van der Waals surface area contributed by atoms with Crippen LogP contribution in [-0.4, -0.2) is 25.2 Å². The molecule has 1 heterocycles. The third kappa shape index (κ3) is 2.14. The number of hydrogen-bond acceptors (Lipinski definition) is 5. The minimum atomic E-state index is -0.272. The van der Waals surface area contributed by atoms with Crippen molar-refractivity contribution in [2.45, 2.75) is 6.42 Å². The van der Waals surface area contributed by atoms with E-state index in [1.807, 2.05) is 18.2 Å². The molecular weight excluding hydrogens is 226 g/mol. The van der Waals surface area contributed by atoms with Gasteiger partial charge in [-0.05, 0) is 18.2 Å². The van der Waals surface area contributed by atoms with Crippen LogP contribution in [0.25, 0.3) is 10.2 Å². The molecule has 0 saturated carbocycles. The number of carbonyl (C=O) groups excluding carboxylic acids is 1. The van der Waals surface area contributed by atoms with Gasteiger partial charge in [0.25, 0.3) is 0 Å². The Hall–Kier alpha value is -1.62. The molecule has 84 valence electrons. The van der Waals surface area contributed by atoms with Gasteiger partial charge in [-0.15, -0.1) is 11.3 Å². The van der Waals surface area contributed by atoms with Crippen molar-refractivity contribution in [2.24, 2.45) is 0 Å². The predicted octanol–water partition coefficient (Wildman–Crippen LogP) is 2.02. The highest BCUT2D eigenvalue weighted by Gasteiger charge is 2.09. The van der Waals surface area contributed by atoms with E-state index in [1.54, 1.807) is 7.11 Å². The van der Waals surface area contributed by atoms with Crippen molar-refractivity contribution in [3.63, 3.8) is 0 Å². The molecule has 2 aromatic rings. The molecule has 0 amide bonds.